The Balaban J connectivity index is 2.25. The number of aliphatic hydroxyl groups is 1. The van der Waals surface area contributed by atoms with Crippen molar-refractivity contribution in [2.45, 2.75) is 130 Å². The topological polar surface area (TPSA) is 104 Å². The Labute approximate surface area is 264 Å². The SMILES string of the molecule is C[C@@H]1C=C[C@@H](O)[C@H]2OC(C)(C)O[C@H]2CC#Cc2cc(N(C)C(=O)OC(C)(C)C)cc(O[Si](C)(C)C(C)(C)C)c2C(=O)O[C@H]1C. The van der Waals surface area contributed by atoms with Crippen LogP contribution in [0.3, 0.4) is 0 Å². The first-order chi connectivity index (χ1) is 20.0. The zero-order chi connectivity index (χ0) is 33.4. The van der Waals surface area contributed by atoms with Gasteiger partial charge in [0.05, 0.1) is 5.69 Å². The molecule has 0 saturated carbocycles. The molecule has 244 valence electrons. The van der Waals surface area contributed by atoms with Crippen LogP contribution in [0.25, 0.3) is 0 Å². The summed E-state index contributed by atoms with van der Waals surface area (Å²) in [5.74, 6) is 4.89. The summed E-state index contributed by atoms with van der Waals surface area (Å²) in [5.41, 5.74) is 0.292. The highest BCUT2D eigenvalue weighted by molar-refractivity contribution is 6.74. The summed E-state index contributed by atoms with van der Waals surface area (Å²) in [6.45, 7) is 23.2. The maximum Gasteiger partial charge on any atom is 0.414 e. The molecule has 1 amide bonds. The molecule has 1 aromatic carbocycles. The van der Waals surface area contributed by atoms with Gasteiger partial charge in [0, 0.05) is 31.0 Å². The van der Waals surface area contributed by atoms with E-state index in [2.05, 4.69) is 45.7 Å². The molecule has 0 unspecified atom stereocenters. The molecule has 1 saturated heterocycles. The van der Waals surface area contributed by atoms with Gasteiger partial charge in [0.15, 0.2) is 5.79 Å². The first kappa shape index (κ1) is 35.6. The summed E-state index contributed by atoms with van der Waals surface area (Å²) in [7, 11) is -0.874. The minimum Gasteiger partial charge on any atom is -0.543 e. The molecule has 1 fully saturated rings. The van der Waals surface area contributed by atoms with Gasteiger partial charge in [0.1, 0.15) is 41.3 Å². The number of benzene rings is 1. The summed E-state index contributed by atoms with van der Waals surface area (Å²) in [5, 5.41) is 10.8. The van der Waals surface area contributed by atoms with E-state index in [1.54, 1.807) is 66.8 Å². The number of carbonyl (C=O) groups excluding carboxylic acids is 2. The van der Waals surface area contributed by atoms with Crippen molar-refractivity contribution in [1.82, 2.24) is 0 Å². The minimum atomic E-state index is -2.48. The molecule has 10 heteroatoms. The molecule has 44 heavy (non-hydrogen) atoms. The number of anilines is 1. The summed E-state index contributed by atoms with van der Waals surface area (Å²) in [4.78, 5) is 28.4. The highest BCUT2D eigenvalue weighted by Crippen LogP contribution is 2.41. The molecule has 9 nitrogen and oxygen atoms in total. The maximum absolute atomic E-state index is 13.9. The van der Waals surface area contributed by atoms with Crippen molar-refractivity contribution >= 4 is 26.1 Å². The van der Waals surface area contributed by atoms with Crippen LogP contribution in [0.5, 0.6) is 5.75 Å². The first-order valence-electron chi connectivity index (χ1n) is 15.3. The van der Waals surface area contributed by atoms with Gasteiger partial charge in [-0.25, -0.2) is 9.59 Å². The second-order valence-corrected chi connectivity index (χ2v) is 19.5. The van der Waals surface area contributed by atoms with Gasteiger partial charge in [-0.3, -0.25) is 4.90 Å². The molecular weight excluding hydrogens is 578 g/mol. The van der Waals surface area contributed by atoms with Crippen LogP contribution in [0.2, 0.25) is 18.1 Å². The number of hydrogen-bond donors (Lipinski definition) is 1. The zero-order valence-corrected chi connectivity index (χ0v) is 29.7. The van der Waals surface area contributed by atoms with E-state index >= 15 is 0 Å². The Bertz CT molecular complexity index is 1330. The Hall–Kier alpha value is -2.84. The van der Waals surface area contributed by atoms with E-state index in [0.29, 0.717) is 17.0 Å². The molecule has 0 spiro atoms. The fraction of sp³-hybridized carbons (Fsp3) is 0.647. The number of hydrogen-bond acceptors (Lipinski definition) is 8. The smallest absolute Gasteiger partial charge is 0.414 e. The largest absolute Gasteiger partial charge is 0.543 e. The molecule has 0 aromatic heterocycles. The molecule has 2 aliphatic heterocycles. The number of fused-ring (bicyclic) bond motifs is 2. The molecule has 3 rings (SSSR count). The number of ether oxygens (including phenoxy) is 4. The Morgan fingerprint density at radius 3 is 2.32 bits per heavy atom. The average Bonchev–Trinajstić information content (AvgIpc) is 3.17. The van der Waals surface area contributed by atoms with Gasteiger partial charge in [-0.1, -0.05) is 51.7 Å². The van der Waals surface area contributed by atoms with Gasteiger partial charge >= 0.3 is 12.1 Å². The van der Waals surface area contributed by atoms with Gasteiger partial charge in [-0.2, -0.15) is 0 Å². The number of aliphatic hydroxyl groups excluding tert-OH is 1. The lowest BCUT2D eigenvalue weighted by atomic mass is 9.99. The van der Waals surface area contributed by atoms with Crippen molar-refractivity contribution in [3.63, 3.8) is 0 Å². The Kier molecular flexibility index (Phi) is 10.4. The second-order valence-electron chi connectivity index (χ2n) is 14.8. The second kappa shape index (κ2) is 12.9. The van der Waals surface area contributed by atoms with Crippen molar-refractivity contribution < 1.29 is 38.1 Å². The number of amides is 1. The van der Waals surface area contributed by atoms with Gasteiger partial charge in [-0.15, -0.1) is 0 Å². The normalized spacial score (nSPS) is 25.9. The van der Waals surface area contributed by atoms with E-state index in [0.717, 1.165) is 0 Å². The van der Waals surface area contributed by atoms with E-state index in [9.17, 15) is 14.7 Å². The number of rotatable bonds is 3. The minimum absolute atomic E-state index is 0.181. The molecule has 0 bridgehead atoms. The van der Waals surface area contributed by atoms with Crippen molar-refractivity contribution in [2.24, 2.45) is 5.92 Å². The van der Waals surface area contributed by atoms with Crippen LogP contribution in [0.15, 0.2) is 24.3 Å². The van der Waals surface area contributed by atoms with E-state index in [1.165, 1.54) is 4.90 Å². The van der Waals surface area contributed by atoms with Crippen LogP contribution in [-0.4, -0.2) is 68.3 Å². The molecule has 1 N–H and O–H groups in total. The highest BCUT2D eigenvalue weighted by Gasteiger charge is 2.44. The molecule has 2 aliphatic rings. The third kappa shape index (κ3) is 8.66. The monoisotopic (exact) mass is 629 g/mol. The van der Waals surface area contributed by atoms with Crippen molar-refractivity contribution in [1.29, 1.82) is 0 Å². The van der Waals surface area contributed by atoms with Crippen LogP contribution in [-0.2, 0) is 18.9 Å². The van der Waals surface area contributed by atoms with E-state index in [4.69, 9.17) is 23.4 Å². The average molecular weight is 630 g/mol. The van der Waals surface area contributed by atoms with Gasteiger partial charge in [-0.05, 0) is 65.7 Å². The third-order valence-corrected chi connectivity index (χ3v) is 12.6. The predicted octanol–water partition coefficient (Wildman–Crippen LogP) is 6.82. The van der Waals surface area contributed by atoms with Crippen LogP contribution in [0.4, 0.5) is 10.5 Å². The van der Waals surface area contributed by atoms with Crippen molar-refractivity contribution in [3.8, 4) is 17.6 Å². The lowest BCUT2D eigenvalue weighted by Crippen LogP contribution is -2.44. The molecule has 5 atom stereocenters. The van der Waals surface area contributed by atoms with Crippen molar-refractivity contribution in [3.05, 3.63) is 35.4 Å². The highest BCUT2D eigenvalue weighted by atomic mass is 28.4. The van der Waals surface area contributed by atoms with E-state index < -0.39 is 56.2 Å². The Morgan fingerprint density at radius 1 is 1.09 bits per heavy atom. The first-order valence-corrected chi connectivity index (χ1v) is 18.2. The fourth-order valence-corrected chi connectivity index (χ4v) is 5.51. The van der Waals surface area contributed by atoms with Crippen molar-refractivity contribution in [2.75, 3.05) is 11.9 Å². The molecule has 1 aromatic rings. The van der Waals surface area contributed by atoms with E-state index in [1.807, 2.05) is 13.0 Å². The molecule has 0 radical (unpaired) electrons. The number of carbonyl (C=O) groups is 2. The van der Waals surface area contributed by atoms with Gasteiger partial charge < -0.3 is 28.5 Å². The zero-order valence-electron chi connectivity index (χ0n) is 28.7. The summed E-state index contributed by atoms with van der Waals surface area (Å²) >= 11 is 0. The van der Waals surface area contributed by atoms with E-state index in [-0.39, 0.29) is 22.9 Å². The molecular formula is C34H51NO8Si. The Morgan fingerprint density at radius 2 is 1.73 bits per heavy atom. The summed E-state index contributed by atoms with van der Waals surface area (Å²) < 4.78 is 30.5. The fourth-order valence-electron chi connectivity index (χ4n) is 4.50. The maximum atomic E-state index is 13.9. The number of cyclic esters (lactones) is 1. The van der Waals surface area contributed by atoms with Crippen LogP contribution >= 0.6 is 0 Å². The number of esters is 1. The lowest BCUT2D eigenvalue weighted by Gasteiger charge is -2.37. The van der Waals surface area contributed by atoms with Gasteiger partial charge in [0.25, 0.3) is 8.32 Å². The van der Waals surface area contributed by atoms with Crippen LogP contribution in [0, 0.1) is 17.8 Å². The van der Waals surface area contributed by atoms with Crippen LogP contribution in [0.1, 0.15) is 91.6 Å². The molecule has 0 aliphatic carbocycles. The number of nitrogens with zero attached hydrogens (tertiary/aromatic N) is 1. The summed E-state index contributed by atoms with van der Waals surface area (Å²) in [6, 6.07) is 3.36. The summed E-state index contributed by atoms with van der Waals surface area (Å²) in [6.07, 6.45) is 0.522. The quantitative estimate of drug-likeness (QED) is 0.168. The standard InChI is InChI=1S/C34H51NO8Si/c1-21-17-18-25(36)29-26(40-34(9,10)41-29)16-14-15-23-19-24(35(11)31(38)42-32(3,4)5)20-27(28(23)30(37)39-22(21)2)43-44(12,13)33(6,7)8/h17-22,25-26,29,36H,16H2,1-13H3/t21-,22+,25-,26+,29-/m1/s1. The van der Waals surface area contributed by atoms with Crippen LogP contribution < -0.4 is 9.33 Å². The third-order valence-electron chi connectivity index (χ3n) is 8.25. The lowest BCUT2D eigenvalue weighted by molar-refractivity contribution is -0.152. The van der Waals surface area contributed by atoms with Gasteiger partial charge in [0.2, 0.25) is 0 Å². The predicted molar refractivity (Wildman–Crippen MR) is 173 cm³/mol. The molecule has 2 heterocycles.